The molecule has 180 valence electrons. The molecule has 0 atom stereocenters. The molecule has 0 saturated heterocycles. The quantitative estimate of drug-likeness (QED) is 0.556. The average molecular weight is 473 g/mol. The number of halogens is 1. The molecule has 3 aromatic rings. The molecule has 1 aromatic carbocycles. The number of allylic oxidation sites excluding steroid dienone is 3. The molecule has 0 spiro atoms. The van der Waals surface area contributed by atoms with E-state index in [-0.39, 0.29) is 13.0 Å². The Labute approximate surface area is 203 Å². The molecule has 1 N–H and O–H groups in total. The molecular weight excluding hydrogens is 443 g/mol. The Kier molecular flexibility index (Phi) is 6.08. The minimum Gasteiger partial charge on any atom is -0.481 e. The lowest BCUT2D eigenvalue weighted by Crippen LogP contribution is -2.38. The summed E-state index contributed by atoms with van der Waals surface area (Å²) < 4.78 is 23.3. The van der Waals surface area contributed by atoms with Gasteiger partial charge in [0.15, 0.2) is 0 Å². The lowest BCUT2D eigenvalue weighted by Gasteiger charge is -2.30. The molecule has 2 aliphatic rings. The highest BCUT2D eigenvalue weighted by molar-refractivity contribution is 5.91. The van der Waals surface area contributed by atoms with Crippen LogP contribution in [-0.4, -0.2) is 26.5 Å². The van der Waals surface area contributed by atoms with Gasteiger partial charge in [0.2, 0.25) is 0 Å². The van der Waals surface area contributed by atoms with Gasteiger partial charge >= 0.3 is 5.97 Å². The van der Waals surface area contributed by atoms with Gasteiger partial charge in [-0.3, -0.25) is 4.79 Å². The van der Waals surface area contributed by atoms with Crippen molar-refractivity contribution in [1.29, 1.82) is 0 Å². The second-order valence-corrected chi connectivity index (χ2v) is 9.69. The molecule has 1 fully saturated rings. The first-order chi connectivity index (χ1) is 16.8. The van der Waals surface area contributed by atoms with E-state index in [2.05, 4.69) is 17.0 Å². The van der Waals surface area contributed by atoms with Crippen LogP contribution in [0.15, 0.2) is 47.1 Å². The number of hydrogen-bond donors (Lipinski definition) is 1. The zero-order valence-electron chi connectivity index (χ0n) is 20.1. The number of fused-ring (bicyclic) bond motifs is 1. The summed E-state index contributed by atoms with van der Waals surface area (Å²) >= 11 is 0. The second kappa shape index (κ2) is 9.20. The van der Waals surface area contributed by atoms with Gasteiger partial charge in [0.1, 0.15) is 11.4 Å². The molecule has 5 nitrogen and oxygen atoms in total. The summed E-state index contributed by atoms with van der Waals surface area (Å²) in [6.45, 7) is 4.08. The fraction of sp³-hybridized carbons (Fsp3) is 0.345. The molecule has 0 aliphatic heterocycles. The third-order valence-electron chi connectivity index (χ3n) is 7.02. The summed E-state index contributed by atoms with van der Waals surface area (Å²) in [6.07, 6.45) is 11.9. The van der Waals surface area contributed by atoms with Crippen molar-refractivity contribution >= 4 is 23.3 Å². The molecule has 2 aliphatic carbocycles. The summed E-state index contributed by atoms with van der Waals surface area (Å²) in [4.78, 5) is 11.3. The molecular formula is C29H29FN2O3. The monoisotopic (exact) mass is 472 g/mol. The Balaban J connectivity index is 1.69. The SMILES string of the molecule is Cc1noc(C)c1C1=CC=C=c2c(-c3cccc(CC(=O)O)c3)cn(CC3(F)CCCCC3)c2=C1. The van der Waals surface area contributed by atoms with Crippen molar-refractivity contribution in [1.82, 2.24) is 9.72 Å². The summed E-state index contributed by atoms with van der Waals surface area (Å²) in [5.74, 6) is -0.140. The van der Waals surface area contributed by atoms with Crippen molar-refractivity contribution in [3.63, 3.8) is 0 Å². The Hall–Kier alpha value is -3.63. The maximum Gasteiger partial charge on any atom is 0.307 e. The number of alkyl halides is 1. The first-order valence-electron chi connectivity index (χ1n) is 12.1. The molecule has 0 radical (unpaired) electrons. The van der Waals surface area contributed by atoms with E-state index in [1.54, 1.807) is 0 Å². The number of carboxylic acid groups (broad SMARTS) is 1. The summed E-state index contributed by atoms with van der Waals surface area (Å²) in [5, 5.41) is 15.1. The number of carbonyl (C=O) groups is 1. The third kappa shape index (κ3) is 4.67. The van der Waals surface area contributed by atoms with E-state index in [9.17, 15) is 9.90 Å². The topological polar surface area (TPSA) is 68.3 Å². The van der Waals surface area contributed by atoms with Crippen molar-refractivity contribution in [2.75, 3.05) is 0 Å². The van der Waals surface area contributed by atoms with Gasteiger partial charge in [-0.15, -0.1) is 5.73 Å². The number of nitrogens with zero attached hydrogens (tertiary/aromatic N) is 2. The van der Waals surface area contributed by atoms with Gasteiger partial charge in [-0.25, -0.2) is 4.39 Å². The molecule has 0 bridgehead atoms. The molecule has 0 unspecified atom stereocenters. The molecule has 6 heteroatoms. The zero-order valence-corrected chi connectivity index (χ0v) is 20.1. The fourth-order valence-corrected chi connectivity index (χ4v) is 5.36. The Morgan fingerprint density at radius 3 is 2.77 bits per heavy atom. The van der Waals surface area contributed by atoms with Gasteiger partial charge in [-0.2, -0.15) is 0 Å². The average Bonchev–Trinajstić information content (AvgIpc) is 3.22. The molecule has 2 heterocycles. The molecule has 2 aromatic heterocycles. The van der Waals surface area contributed by atoms with Gasteiger partial charge in [0.25, 0.3) is 0 Å². The standard InChI is InChI=1S/C29H29FN2O3/c1-19-28(20(2)35-31-19)23-10-7-11-24-25(22-9-6-8-21(14-22)15-27(33)34)17-32(26(24)16-23)18-29(30)12-4-3-5-13-29/h6-10,14,16-17H,3-5,12-13,15,18H2,1-2H3,(H,33,34). The van der Waals surface area contributed by atoms with Crippen molar-refractivity contribution in [2.24, 2.45) is 0 Å². The van der Waals surface area contributed by atoms with Crippen molar-refractivity contribution in [3.05, 3.63) is 75.8 Å². The maximum absolute atomic E-state index is 15.9. The van der Waals surface area contributed by atoms with Crippen LogP contribution in [0.1, 0.15) is 54.7 Å². The van der Waals surface area contributed by atoms with Gasteiger partial charge in [0.05, 0.1) is 24.0 Å². The number of rotatable bonds is 6. The van der Waals surface area contributed by atoms with Crippen LogP contribution < -0.4 is 10.6 Å². The van der Waals surface area contributed by atoms with Crippen LogP contribution in [0.2, 0.25) is 0 Å². The van der Waals surface area contributed by atoms with Crippen LogP contribution in [0.25, 0.3) is 28.5 Å². The van der Waals surface area contributed by atoms with Crippen LogP contribution in [0.4, 0.5) is 4.39 Å². The van der Waals surface area contributed by atoms with E-state index in [0.29, 0.717) is 12.8 Å². The normalized spacial score (nSPS) is 16.6. The van der Waals surface area contributed by atoms with Crippen LogP contribution >= 0.6 is 0 Å². The lowest BCUT2D eigenvalue weighted by molar-refractivity contribution is -0.136. The van der Waals surface area contributed by atoms with E-state index in [4.69, 9.17) is 4.52 Å². The van der Waals surface area contributed by atoms with Crippen molar-refractivity contribution < 1.29 is 18.8 Å². The highest BCUT2D eigenvalue weighted by atomic mass is 19.1. The molecule has 1 saturated carbocycles. The van der Waals surface area contributed by atoms with Gasteiger partial charge in [-0.05, 0) is 61.6 Å². The summed E-state index contributed by atoms with van der Waals surface area (Å²) in [5.41, 5.74) is 7.36. The number of benzene rings is 1. The number of hydrogen-bond acceptors (Lipinski definition) is 3. The smallest absolute Gasteiger partial charge is 0.307 e. The Bertz CT molecular complexity index is 1460. The van der Waals surface area contributed by atoms with Crippen LogP contribution in [-0.2, 0) is 17.8 Å². The van der Waals surface area contributed by atoms with E-state index in [0.717, 1.165) is 69.1 Å². The minimum absolute atomic E-state index is 0.0479. The largest absolute Gasteiger partial charge is 0.481 e. The Morgan fingerprint density at radius 1 is 1.26 bits per heavy atom. The van der Waals surface area contributed by atoms with E-state index in [1.165, 1.54) is 0 Å². The van der Waals surface area contributed by atoms with Crippen LogP contribution in [0.3, 0.4) is 0 Å². The van der Waals surface area contributed by atoms with Crippen LogP contribution in [0.5, 0.6) is 0 Å². The second-order valence-electron chi connectivity index (χ2n) is 9.69. The molecule has 35 heavy (non-hydrogen) atoms. The number of aromatic nitrogens is 2. The van der Waals surface area contributed by atoms with E-state index >= 15 is 4.39 Å². The third-order valence-corrected chi connectivity index (χ3v) is 7.02. The highest BCUT2D eigenvalue weighted by Crippen LogP contribution is 2.33. The van der Waals surface area contributed by atoms with Crippen molar-refractivity contribution in [2.45, 2.75) is 64.6 Å². The van der Waals surface area contributed by atoms with Gasteiger partial charge in [-0.1, -0.05) is 48.7 Å². The van der Waals surface area contributed by atoms with Crippen LogP contribution in [0, 0.1) is 13.8 Å². The highest BCUT2D eigenvalue weighted by Gasteiger charge is 2.32. The first-order valence-corrected chi connectivity index (χ1v) is 12.1. The first kappa shape index (κ1) is 23.1. The molecule has 5 rings (SSSR count). The number of aliphatic carboxylic acids is 1. The van der Waals surface area contributed by atoms with Gasteiger partial charge in [0, 0.05) is 22.5 Å². The van der Waals surface area contributed by atoms with E-state index in [1.807, 2.05) is 61.0 Å². The predicted molar refractivity (Wildman–Crippen MR) is 134 cm³/mol. The van der Waals surface area contributed by atoms with E-state index < -0.39 is 11.6 Å². The number of aryl methyl sites for hydroxylation is 2. The maximum atomic E-state index is 15.9. The Morgan fingerprint density at radius 2 is 2.06 bits per heavy atom. The fourth-order valence-electron chi connectivity index (χ4n) is 5.36. The summed E-state index contributed by atoms with van der Waals surface area (Å²) in [6, 6.07) is 7.54. The molecule has 0 amide bonds. The number of carboxylic acids is 1. The lowest BCUT2D eigenvalue weighted by atomic mass is 9.86. The minimum atomic E-state index is -1.25. The predicted octanol–water partition coefficient (Wildman–Crippen LogP) is 4.87. The van der Waals surface area contributed by atoms with Crippen molar-refractivity contribution in [3.8, 4) is 11.1 Å². The zero-order chi connectivity index (χ0) is 24.6. The summed E-state index contributed by atoms with van der Waals surface area (Å²) in [7, 11) is 0. The van der Waals surface area contributed by atoms with Gasteiger partial charge < -0.3 is 14.2 Å².